The van der Waals surface area contributed by atoms with Crippen LogP contribution in [-0.4, -0.2) is 20.2 Å². The minimum Gasteiger partial charge on any atom is -0.497 e. The molecule has 0 spiro atoms. The fraction of sp³-hybridized carbons (Fsp3) is 0.571. The van der Waals surface area contributed by atoms with Crippen molar-refractivity contribution in [3.05, 3.63) is 29.8 Å². The zero-order valence-electron chi connectivity index (χ0n) is 10.1. The Kier molecular flexibility index (Phi) is 2.58. The van der Waals surface area contributed by atoms with Gasteiger partial charge < -0.3 is 10.1 Å². The molecule has 3 heteroatoms. The van der Waals surface area contributed by atoms with E-state index in [1.807, 2.05) is 24.3 Å². The number of ether oxygens (including phenoxy) is 1. The minimum absolute atomic E-state index is 0.516. The van der Waals surface area contributed by atoms with E-state index in [1.165, 1.54) is 0 Å². The Balaban J connectivity index is 1.83. The second kappa shape index (κ2) is 3.98. The fourth-order valence-corrected chi connectivity index (χ4v) is 3.31. The van der Waals surface area contributed by atoms with Crippen molar-refractivity contribution in [1.82, 2.24) is 5.32 Å². The van der Waals surface area contributed by atoms with Gasteiger partial charge in [-0.2, -0.15) is 0 Å². The lowest BCUT2D eigenvalue weighted by atomic mass is 9.92. The van der Waals surface area contributed by atoms with Crippen molar-refractivity contribution in [2.75, 3.05) is 20.2 Å². The van der Waals surface area contributed by atoms with Gasteiger partial charge in [0, 0.05) is 0 Å². The summed E-state index contributed by atoms with van der Waals surface area (Å²) in [6.07, 6.45) is 1.33. The van der Waals surface area contributed by atoms with Crippen molar-refractivity contribution < 1.29 is 9.13 Å². The molecule has 0 bridgehead atoms. The number of hydrogen-bond donors (Lipinski definition) is 1. The highest BCUT2D eigenvalue weighted by atomic mass is 19.1. The SMILES string of the molecule is COc1ccc(C2(F)CC3CNCC3C2)cc1. The van der Waals surface area contributed by atoms with Gasteiger partial charge in [-0.25, -0.2) is 4.39 Å². The highest BCUT2D eigenvalue weighted by Crippen LogP contribution is 2.49. The van der Waals surface area contributed by atoms with Crippen LogP contribution in [0, 0.1) is 11.8 Å². The van der Waals surface area contributed by atoms with E-state index in [4.69, 9.17) is 4.74 Å². The predicted octanol–water partition coefficient (Wildman–Crippen LogP) is 2.49. The molecule has 3 rings (SSSR count). The maximum absolute atomic E-state index is 14.9. The van der Waals surface area contributed by atoms with Gasteiger partial charge in [0.05, 0.1) is 7.11 Å². The number of halogens is 1. The summed E-state index contributed by atoms with van der Waals surface area (Å²) in [5.74, 6) is 1.82. The molecule has 1 saturated heterocycles. The first-order valence-corrected chi connectivity index (χ1v) is 6.25. The van der Waals surface area contributed by atoms with Gasteiger partial charge in [0.2, 0.25) is 0 Å². The van der Waals surface area contributed by atoms with E-state index in [0.29, 0.717) is 24.7 Å². The van der Waals surface area contributed by atoms with Crippen molar-refractivity contribution in [2.45, 2.75) is 18.5 Å². The summed E-state index contributed by atoms with van der Waals surface area (Å²) in [5.41, 5.74) is -0.309. The summed E-state index contributed by atoms with van der Waals surface area (Å²) in [6.45, 7) is 1.96. The van der Waals surface area contributed by atoms with Gasteiger partial charge >= 0.3 is 0 Å². The van der Waals surface area contributed by atoms with E-state index in [2.05, 4.69) is 5.32 Å². The Morgan fingerprint density at radius 2 is 1.76 bits per heavy atom. The number of nitrogens with one attached hydrogen (secondary N) is 1. The lowest BCUT2D eigenvalue weighted by Crippen LogP contribution is -2.21. The largest absolute Gasteiger partial charge is 0.497 e. The van der Waals surface area contributed by atoms with E-state index in [0.717, 1.165) is 24.4 Å². The van der Waals surface area contributed by atoms with Crippen LogP contribution in [-0.2, 0) is 5.67 Å². The van der Waals surface area contributed by atoms with Crippen LogP contribution in [0.25, 0.3) is 0 Å². The third-order valence-corrected chi connectivity index (χ3v) is 4.26. The molecule has 2 unspecified atom stereocenters. The van der Waals surface area contributed by atoms with E-state index >= 15 is 0 Å². The molecule has 2 atom stereocenters. The summed E-state index contributed by atoms with van der Waals surface area (Å²) in [5, 5.41) is 3.35. The van der Waals surface area contributed by atoms with Crippen LogP contribution in [0.3, 0.4) is 0 Å². The second-order valence-corrected chi connectivity index (χ2v) is 5.28. The molecule has 17 heavy (non-hydrogen) atoms. The average Bonchev–Trinajstić information content (AvgIpc) is 2.88. The van der Waals surface area contributed by atoms with Crippen LogP contribution in [0.4, 0.5) is 4.39 Å². The van der Waals surface area contributed by atoms with Crippen molar-refractivity contribution in [1.29, 1.82) is 0 Å². The molecular formula is C14H18FNO. The lowest BCUT2D eigenvalue weighted by molar-refractivity contribution is 0.161. The average molecular weight is 235 g/mol. The number of benzene rings is 1. The van der Waals surface area contributed by atoms with Gasteiger partial charge in [0.25, 0.3) is 0 Å². The van der Waals surface area contributed by atoms with E-state index in [-0.39, 0.29) is 0 Å². The van der Waals surface area contributed by atoms with Gasteiger partial charge in [0.15, 0.2) is 0 Å². The van der Waals surface area contributed by atoms with Crippen molar-refractivity contribution in [3.63, 3.8) is 0 Å². The molecule has 2 fully saturated rings. The fourth-order valence-electron chi connectivity index (χ4n) is 3.31. The van der Waals surface area contributed by atoms with Crippen molar-refractivity contribution in [3.8, 4) is 5.75 Å². The Bertz CT molecular complexity index is 391. The van der Waals surface area contributed by atoms with Gasteiger partial charge in [-0.05, 0) is 55.5 Å². The number of methoxy groups -OCH3 is 1. The monoisotopic (exact) mass is 235 g/mol. The summed E-state index contributed by atoms with van der Waals surface area (Å²) in [4.78, 5) is 0. The number of alkyl halides is 1. The molecule has 92 valence electrons. The molecular weight excluding hydrogens is 217 g/mol. The smallest absolute Gasteiger partial charge is 0.136 e. The first kappa shape index (κ1) is 11.0. The number of hydrogen-bond acceptors (Lipinski definition) is 2. The maximum atomic E-state index is 14.9. The molecule has 1 saturated carbocycles. The standard InChI is InChI=1S/C14H18FNO/c1-17-13-4-2-12(3-5-13)14(15)6-10-8-16-9-11(10)7-14/h2-5,10-11,16H,6-9H2,1H3. The Labute approximate surface area is 101 Å². The third-order valence-electron chi connectivity index (χ3n) is 4.26. The first-order chi connectivity index (χ1) is 8.21. The van der Waals surface area contributed by atoms with E-state index in [9.17, 15) is 4.39 Å². The molecule has 2 nitrogen and oxygen atoms in total. The number of fused-ring (bicyclic) bond motifs is 1. The van der Waals surface area contributed by atoms with Crippen LogP contribution in [0.1, 0.15) is 18.4 Å². The molecule has 1 aromatic carbocycles. The zero-order valence-corrected chi connectivity index (χ0v) is 10.1. The summed E-state index contributed by atoms with van der Waals surface area (Å²) >= 11 is 0. The molecule has 0 aromatic heterocycles. The van der Waals surface area contributed by atoms with E-state index < -0.39 is 5.67 Å². The van der Waals surface area contributed by atoms with Crippen molar-refractivity contribution >= 4 is 0 Å². The van der Waals surface area contributed by atoms with Crippen LogP contribution >= 0.6 is 0 Å². The highest BCUT2D eigenvalue weighted by Gasteiger charge is 2.48. The second-order valence-electron chi connectivity index (χ2n) is 5.28. The molecule has 1 aliphatic heterocycles. The normalized spacial score (nSPS) is 35.9. The minimum atomic E-state index is -1.12. The van der Waals surface area contributed by atoms with Crippen LogP contribution in [0.5, 0.6) is 5.75 Å². The highest BCUT2D eigenvalue weighted by molar-refractivity contribution is 5.32. The van der Waals surface area contributed by atoms with Crippen LogP contribution < -0.4 is 10.1 Å². The van der Waals surface area contributed by atoms with Gasteiger partial charge in [-0.3, -0.25) is 0 Å². The summed E-state index contributed by atoms with van der Waals surface area (Å²) in [7, 11) is 1.63. The molecule has 0 radical (unpaired) electrons. The maximum Gasteiger partial charge on any atom is 0.136 e. The predicted molar refractivity (Wildman–Crippen MR) is 64.9 cm³/mol. The van der Waals surface area contributed by atoms with Gasteiger partial charge in [0.1, 0.15) is 11.4 Å². The van der Waals surface area contributed by atoms with E-state index in [1.54, 1.807) is 7.11 Å². The molecule has 1 aromatic rings. The van der Waals surface area contributed by atoms with Gasteiger partial charge in [-0.15, -0.1) is 0 Å². The van der Waals surface area contributed by atoms with Crippen LogP contribution in [0.15, 0.2) is 24.3 Å². The van der Waals surface area contributed by atoms with Gasteiger partial charge in [-0.1, -0.05) is 12.1 Å². The first-order valence-electron chi connectivity index (χ1n) is 6.25. The topological polar surface area (TPSA) is 21.3 Å². The third kappa shape index (κ3) is 1.82. The Morgan fingerprint density at radius 1 is 1.18 bits per heavy atom. The van der Waals surface area contributed by atoms with Crippen LogP contribution in [0.2, 0.25) is 0 Å². The van der Waals surface area contributed by atoms with Crippen molar-refractivity contribution in [2.24, 2.45) is 11.8 Å². The summed E-state index contributed by atoms with van der Waals surface area (Å²) in [6, 6.07) is 7.44. The molecule has 1 aliphatic carbocycles. The molecule has 1 heterocycles. The molecule has 0 amide bonds. The molecule has 2 aliphatic rings. The molecule has 1 N–H and O–H groups in total. The Morgan fingerprint density at radius 3 is 2.29 bits per heavy atom. The quantitative estimate of drug-likeness (QED) is 0.850. The zero-order chi connectivity index (χ0) is 11.9. The lowest BCUT2D eigenvalue weighted by Gasteiger charge is -2.21. The number of rotatable bonds is 2. The Hall–Kier alpha value is -1.09. The summed E-state index contributed by atoms with van der Waals surface area (Å²) < 4.78 is 20.0.